The van der Waals surface area contributed by atoms with Crippen LogP contribution in [0.1, 0.15) is 25.7 Å². The van der Waals surface area contributed by atoms with Crippen LogP contribution in [-0.2, 0) is 12.8 Å². The highest BCUT2D eigenvalue weighted by atomic mass is 32.1. The van der Waals surface area contributed by atoms with Gasteiger partial charge in [0.25, 0.3) is 0 Å². The number of fused-ring (bicyclic) bond motifs is 1. The summed E-state index contributed by atoms with van der Waals surface area (Å²) in [5.74, 6) is 0.258. The molecule has 3 heteroatoms. The van der Waals surface area contributed by atoms with Gasteiger partial charge < -0.3 is 0 Å². The second-order valence-electron chi connectivity index (χ2n) is 5.38. The fourth-order valence-corrected chi connectivity index (χ4v) is 3.54. The first kappa shape index (κ1) is 13.5. The van der Waals surface area contributed by atoms with Gasteiger partial charge in [-0.2, -0.15) is 0 Å². The molecule has 3 rings (SSSR count). The molecule has 0 fully saturated rings. The number of aryl methyl sites for hydroxylation is 1. The Labute approximate surface area is 124 Å². The number of thiophene rings is 1. The van der Waals surface area contributed by atoms with E-state index in [4.69, 9.17) is 0 Å². The average molecular weight is 285 g/mol. The fraction of sp³-hybridized carbons (Fsp3) is 0.353. The van der Waals surface area contributed by atoms with E-state index in [0.29, 0.717) is 6.54 Å². The maximum atomic E-state index is 12.3. The van der Waals surface area contributed by atoms with Crippen LogP contribution in [0.25, 0.3) is 0 Å². The Balaban J connectivity index is 1.64. The Morgan fingerprint density at radius 3 is 2.30 bits per heavy atom. The zero-order valence-corrected chi connectivity index (χ0v) is 12.6. The quantitative estimate of drug-likeness (QED) is 0.806. The van der Waals surface area contributed by atoms with E-state index in [1.807, 2.05) is 19.1 Å². The van der Waals surface area contributed by atoms with Gasteiger partial charge in [0, 0.05) is 18.0 Å². The van der Waals surface area contributed by atoms with Crippen LogP contribution in [0.4, 0.5) is 0 Å². The summed E-state index contributed by atoms with van der Waals surface area (Å²) in [4.78, 5) is 16.7. The van der Waals surface area contributed by atoms with Gasteiger partial charge in [0.05, 0.1) is 11.4 Å². The molecule has 0 saturated heterocycles. The van der Waals surface area contributed by atoms with Crippen LogP contribution in [0.2, 0.25) is 0 Å². The lowest BCUT2D eigenvalue weighted by molar-refractivity contribution is 0.0937. The van der Waals surface area contributed by atoms with Gasteiger partial charge in [-0.15, -0.1) is 11.3 Å². The summed E-state index contributed by atoms with van der Waals surface area (Å²) in [7, 11) is 0. The van der Waals surface area contributed by atoms with E-state index in [1.165, 1.54) is 16.0 Å². The Kier molecular flexibility index (Phi) is 3.99. The summed E-state index contributed by atoms with van der Waals surface area (Å²) in [5.41, 5.74) is 2.88. The molecule has 0 atom stereocenters. The van der Waals surface area contributed by atoms with Crippen LogP contribution in [0, 0.1) is 6.92 Å². The largest absolute Gasteiger partial charge is 0.295 e. The van der Waals surface area contributed by atoms with Gasteiger partial charge in [-0.25, -0.2) is 0 Å². The molecule has 0 amide bonds. The zero-order chi connectivity index (χ0) is 13.9. The predicted octanol–water partition coefficient (Wildman–Crippen LogP) is 3.34. The van der Waals surface area contributed by atoms with E-state index in [9.17, 15) is 4.79 Å². The number of hydrogen-bond acceptors (Lipinski definition) is 3. The summed E-state index contributed by atoms with van der Waals surface area (Å²) < 4.78 is 0. The molecule has 0 radical (unpaired) electrons. The minimum absolute atomic E-state index is 0.258. The summed E-state index contributed by atoms with van der Waals surface area (Å²) in [6, 6.07) is 12.6. The van der Waals surface area contributed by atoms with Crippen LogP contribution < -0.4 is 0 Å². The lowest BCUT2D eigenvalue weighted by atomic mass is 10.0. The van der Waals surface area contributed by atoms with Crippen molar-refractivity contribution in [2.45, 2.75) is 19.8 Å². The highest BCUT2D eigenvalue weighted by Crippen LogP contribution is 2.18. The number of rotatable bonds is 3. The molecule has 0 unspecified atom stereocenters. The normalized spacial score (nSPS) is 15.7. The lowest BCUT2D eigenvalue weighted by Crippen LogP contribution is -2.31. The van der Waals surface area contributed by atoms with Gasteiger partial charge in [-0.05, 0) is 43.0 Å². The van der Waals surface area contributed by atoms with Crippen molar-refractivity contribution in [2.75, 3.05) is 19.6 Å². The topological polar surface area (TPSA) is 20.3 Å². The minimum atomic E-state index is 0.258. The molecule has 20 heavy (non-hydrogen) atoms. The third-order valence-electron chi connectivity index (χ3n) is 3.90. The molecule has 0 spiro atoms. The van der Waals surface area contributed by atoms with Crippen molar-refractivity contribution in [3.8, 4) is 0 Å². The minimum Gasteiger partial charge on any atom is -0.295 e. The van der Waals surface area contributed by atoms with E-state index < -0.39 is 0 Å². The molecule has 2 nitrogen and oxygen atoms in total. The molecule has 0 N–H and O–H groups in total. The standard InChI is InChI=1S/C17H19NOS/c1-13-6-7-17(20-13)16(19)12-18-10-8-14-4-2-3-5-15(14)9-11-18/h2-7H,8-12H2,1H3. The molecule has 1 aromatic heterocycles. The summed E-state index contributed by atoms with van der Waals surface area (Å²) in [5, 5.41) is 0. The van der Waals surface area contributed by atoms with E-state index in [2.05, 4.69) is 29.2 Å². The van der Waals surface area contributed by atoms with Gasteiger partial charge in [0.2, 0.25) is 0 Å². The van der Waals surface area contributed by atoms with Crippen LogP contribution in [0.5, 0.6) is 0 Å². The molecule has 1 aromatic carbocycles. The maximum absolute atomic E-state index is 12.3. The third-order valence-corrected chi connectivity index (χ3v) is 4.94. The monoisotopic (exact) mass is 285 g/mol. The number of benzene rings is 1. The number of ketones is 1. The second kappa shape index (κ2) is 5.90. The molecular weight excluding hydrogens is 266 g/mol. The first-order valence-electron chi connectivity index (χ1n) is 7.11. The van der Waals surface area contributed by atoms with Crippen molar-refractivity contribution in [2.24, 2.45) is 0 Å². The van der Waals surface area contributed by atoms with E-state index in [-0.39, 0.29) is 5.78 Å². The van der Waals surface area contributed by atoms with E-state index in [0.717, 1.165) is 30.8 Å². The van der Waals surface area contributed by atoms with Crippen LogP contribution in [0.3, 0.4) is 0 Å². The SMILES string of the molecule is Cc1ccc(C(=O)CN2CCc3ccccc3CC2)s1. The maximum Gasteiger partial charge on any atom is 0.186 e. The number of carbonyl (C=O) groups excluding carboxylic acids is 1. The van der Waals surface area contributed by atoms with E-state index >= 15 is 0 Å². The Hall–Kier alpha value is -1.45. The molecule has 0 aliphatic carbocycles. The Morgan fingerprint density at radius 1 is 1.10 bits per heavy atom. The van der Waals surface area contributed by atoms with Crippen LogP contribution in [0.15, 0.2) is 36.4 Å². The Morgan fingerprint density at radius 2 is 1.75 bits per heavy atom. The molecule has 2 aromatic rings. The summed E-state index contributed by atoms with van der Waals surface area (Å²) in [6.45, 7) is 4.55. The van der Waals surface area contributed by atoms with Gasteiger partial charge in [-0.1, -0.05) is 24.3 Å². The highest BCUT2D eigenvalue weighted by Gasteiger charge is 2.17. The van der Waals surface area contributed by atoms with Crippen molar-refractivity contribution in [1.82, 2.24) is 4.90 Å². The molecule has 0 bridgehead atoms. The van der Waals surface area contributed by atoms with Gasteiger partial charge >= 0.3 is 0 Å². The first-order chi connectivity index (χ1) is 9.72. The smallest absolute Gasteiger partial charge is 0.186 e. The molecule has 1 aliphatic heterocycles. The van der Waals surface area contributed by atoms with Crippen LogP contribution >= 0.6 is 11.3 Å². The Bertz CT molecular complexity index is 590. The number of hydrogen-bond donors (Lipinski definition) is 0. The number of carbonyl (C=O) groups is 1. The molecular formula is C17H19NOS. The molecule has 1 aliphatic rings. The predicted molar refractivity (Wildman–Crippen MR) is 83.7 cm³/mol. The van der Waals surface area contributed by atoms with Gasteiger partial charge in [0.15, 0.2) is 5.78 Å². The summed E-state index contributed by atoms with van der Waals surface area (Å²) in [6.07, 6.45) is 2.10. The second-order valence-corrected chi connectivity index (χ2v) is 6.67. The number of Topliss-reactive ketones (excluding diaryl/α,β-unsaturated/α-hetero) is 1. The number of nitrogens with zero attached hydrogens (tertiary/aromatic N) is 1. The zero-order valence-electron chi connectivity index (χ0n) is 11.8. The van der Waals surface area contributed by atoms with Gasteiger partial charge in [-0.3, -0.25) is 9.69 Å². The first-order valence-corrected chi connectivity index (χ1v) is 7.93. The van der Waals surface area contributed by atoms with Gasteiger partial charge in [0.1, 0.15) is 0 Å². The van der Waals surface area contributed by atoms with Crippen molar-refractivity contribution in [3.05, 3.63) is 57.3 Å². The molecule has 0 saturated carbocycles. The average Bonchev–Trinajstić information content (AvgIpc) is 2.79. The highest BCUT2D eigenvalue weighted by molar-refractivity contribution is 7.14. The summed E-state index contributed by atoms with van der Waals surface area (Å²) >= 11 is 1.60. The van der Waals surface area contributed by atoms with Crippen LogP contribution in [-0.4, -0.2) is 30.3 Å². The van der Waals surface area contributed by atoms with Crippen molar-refractivity contribution < 1.29 is 4.79 Å². The third kappa shape index (κ3) is 3.00. The lowest BCUT2D eigenvalue weighted by Gasteiger charge is -2.18. The van der Waals surface area contributed by atoms with E-state index in [1.54, 1.807) is 11.3 Å². The molecule has 2 heterocycles. The fourth-order valence-electron chi connectivity index (χ4n) is 2.74. The van der Waals surface area contributed by atoms with Crippen molar-refractivity contribution in [3.63, 3.8) is 0 Å². The molecule has 104 valence electrons. The van der Waals surface area contributed by atoms with Crippen molar-refractivity contribution in [1.29, 1.82) is 0 Å². The van der Waals surface area contributed by atoms with Crippen molar-refractivity contribution >= 4 is 17.1 Å².